The van der Waals surface area contributed by atoms with Crippen molar-refractivity contribution >= 4 is 40.6 Å². The summed E-state index contributed by atoms with van der Waals surface area (Å²) in [5.41, 5.74) is 5.31. The second-order valence-corrected chi connectivity index (χ2v) is 17.1. The standard InChI is InChI=1S/C44H50F4N8O6/c1-23(2)35-51-32-19-24(3)31(21-33(32)52-35)27-11-7-25(8-12-27)20-34(53-37(57)29-13-9-26(10-14-29)22-49-41(61)62-42(4,5)6)38(58)50-30-17-15-28(16-18-30)36-54-39(56-55-36)43(45,46)44(47,48)40(59)60/h7-8,11-12,15-19,21,23,26,29,34H,9-10,13-14,20,22H2,1-6H3,(H,49,61)(H,50,58)(H,51,52)(H,53,57)(H,59,60)(H,54,55,56)/t26?,29?,34-/m0/s1. The number of halogens is 4. The predicted octanol–water partition coefficient (Wildman–Crippen LogP) is 8.26. The van der Waals surface area contributed by atoms with E-state index in [2.05, 4.69) is 50.9 Å². The molecule has 6 rings (SSSR count). The maximum absolute atomic E-state index is 14.3. The largest absolute Gasteiger partial charge is 0.477 e. The van der Waals surface area contributed by atoms with Gasteiger partial charge >= 0.3 is 23.9 Å². The number of aromatic amines is 2. The normalized spacial score (nSPS) is 16.5. The molecule has 1 atom stereocenters. The number of carboxylic acid groups (broad SMARTS) is 1. The second-order valence-electron chi connectivity index (χ2n) is 17.1. The minimum Gasteiger partial charge on any atom is -0.477 e. The van der Waals surface area contributed by atoms with E-state index in [0.717, 1.165) is 39.1 Å². The summed E-state index contributed by atoms with van der Waals surface area (Å²) in [6.45, 7) is 11.9. The lowest BCUT2D eigenvalue weighted by molar-refractivity contribution is -0.231. The lowest BCUT2D eigenvalue weighted by Gasteiger charge is -2.29. The number of fused-ring (bicyclic) bond motifs is 1. The topological polar surface area (TPSA) is 204 Å². The summed E-state index contributed by atoms with van der Waals surface area (Å²) in [5.74, 6) is -15.6. The van der Waals surface area contributed by atoms with Crippen molar-refractivity contribution in [3.63, 3.8) is 0 Å². The van der Waals surface area contributed by atoms with Crippen LogP contribution in [0.5, 0.6) is 0 Å². The van der Waals surface area contributed by atoms with E-state index in [9.17, 15) is 36.7 Å². The SMILES string of the molecule is Cc1cc2[nH]c(C(C)C)nc2cc1-c1ccc(C[C@H](NC(=O)C2CCC(CNC(=O)OC(C)(C)C)CC2)C(=O)Nc2ccc(-c3n[nH]c(C(F)(F)C(F)(F)C(=O)O)n3)cc2)cc1. The highest BCUT2D eigenvalue weighted by Crippen LogP contribution is 2.42. The molecule has 3 aromatic carbocycles. The van der Waals surface area contributed by atoms with E-state index < -0.39 is 53.1 Å². The Morgan fingerprint density at radius 3 is 2.16 bits per heavy atom. The Kier molecular flexibility index (Phi) is 13.1. The molecular weight excluding hydrogens is 813 g/mol. The van der Waals surface area contributed by atoms with Crippen LogP contribution >= 0.6 is 0 Å². The molecule has 14 nitrogen and oxygen atoms in total. The molecule has 0 aliphatic heterocycles. The third-order valence-electron chi connectivity index (χ3n) is 10.7. The highest BCUT2D eigenvalue weighted by atomic mass is 19.3. The first-order chi connectivity index (χ1) is 29.1. The van der Waals surface area contributed by atoms with Crippen molar-refractivity contribution in [2.24, 2.45) is 11.8 Å². The Morgan fingerprint density at radius 2 is 1.55 bits per heavy atom. The summed E-state index contributed by atoms with van der Waals surface area (Å²) >= 11 is 0. The average molecular weight is 863 g/mol. The van der Waals surface area contributed by atoms with Crippen LogP contribution in [0.15, 0.2) is 60.7 Å². The number of rotatable bonds is 14. The van der Waals surface area contributed by atoms with Crippen molar-refractivity contribution in [2.45, 2.75) is 103 Å². The summed E-state index contributed by atoms with van der Waals surface area (Å²) in [4.78, 5) is 62.2. The third kappa shape index (κ3) is 10.4. The molecule has 1 aliphatic rings. The van der Waals surface area contributed by atoms with E-state index in [4.69, 9.17) is 14.8 Å². The number of hydrogen-bond donors (Lipinski definition) is 6. The van der Waals surface area contributed by atoms with E-state index in [1.165, 1.54) is 24.3 Å². The minimum atomic E-state index is -5.45. The number of ether oxygens (including phenoxy) is 1. The summed E-state index contributed by atoms with van der Waals surface area (Å²) in [7, 11) is 0. The number of imidazole rings is 1. The van der Waals surface area contributed by atoms with Crippen LogP contribution in [-0.4, -0.2) is 78.2 Å². The zero-order chi connectivity index (χ0) is 45.1. The van der Waals surface area contributed by atoms with Gasteiger partial charge in [0, 0.05) is 36.1 Å². The minimum absolute atomic E-state index is 0.101. The van der Waals surface area contributed by atoms with E-state index in [-0.39, 0.29) is 41.3 Å². The van der Waals surface area contributed by atoms with Crippen LogP contribution in [0.4, 0.5) is 28.0 Å². The fourth-order valence-corrected chi connectivity index (χ4v) is 7.24. The van der Waals surface area contributed by atoms with Crippen LogP contribution < -0.4 is 16.0 Å². The van der Waals surface area contributed by atoms with Gasteiger partial charge in [-0.05, 0) is 118 Å². The van der Waals surface area contributed by atoms with Gasteiger partial charge < -0.3 is 30.8 Å². The van der Waals surface area contributed by atoms with Crippen LogP contribution in [0.2, 0.25) is 0 Å². The van der Waals surface area contributed by atoms with E-state index in [1.54, 1.807) is 25.9 Å². The van der Waals surface area contributed by atoms with Crippen molar-refractivity contribution in [3.8, 4) is 22.5 Å². The molecule has 3 amide bonds. The number of nitrogens with zero attached hydrogens (tertiary/aromatic N) is 3. The van der Waals surface area contributed by atoms with E-state index >= 15 is 0 Å². The number of anilines is 1. The summed E-state index contributed by atoms with van der Waals surface area (Å²) in [6.07, 6.45) is 2.12. The first-order valence-electron chi connectivity index (χ1n) is 20.3. The zero-order valence-corrected chi connectivity index (χ0v) is 35.2. The second kappa shape index (κ2) is 17.9. The molecule has 1 fully saturated rings. The Balaban J connectivity index is 1.16. The zero-order valence-electron chi connectivity index (χ0n) is 35.2. The Hall–Kier alpha value is -6.33. The van der Waals surface area contributed by atoms with E-state index in [0.29, 0.717) is 32.2 Å². The Bertz CT molecular complexity index is 2420. The van der Waals surface area contributed by atoms with Crippen molar-refractivity contribution in [3.05, 3.63) is 83.4 Å². The summed E-state index contributed by atoms with van der Waals surface area (Å²) in [5, 5.41) is 22.4. The molecule has 2 heterocycles. The number of carbonyl (C=O) groups excluding carboxylic acids is 3. The third-order valence-corrected chi connectivity index (χ3v) is 10.7. The molecule has 18 heteroatoms. The molecule has 0 radical (unpaired) electrons. The molecule has 6 N–H and O–H groups in total. The quantitative estimate of drug-likeness (QED) is 0.0594. The predicted molar refractivity (Wildman–Crippen MR) is 223 cm³/mol. The smallest absolute Gasteiger partial charge is 0.411 e. The number of benzene rings is 3. The van der Waals surface area contributed by atoms with Crippen molar-refractivity contribution in [1.29, 1.82) is 0 Å². The number of H-pyrrole nitrogens is 2. The number of alkyl carbamates (subject to hydrolysis) is 1. The van der Waals surface area contributed by atoms with Gasteiger partial charge in [0.1, 0.15) is 17.5 Å². The van der Waals surface area contributed by atoms with Gasteiger partial charge in [0.25, 0.3) is 0 Å². The van der Waals surface area contributed by atoms with Crippen molar-refractivity contribution in [2.75, 3.05) is 11.9 Å². The highest BCUT2D eigenvalue weighted by molar-refractivity contribution is 5.98. The molecule has 0 bridgehead atoms. The number of nitrogens with one attached hydrogen (secondary N) is 5. The molecule has 330 valence electrons. The first-order valence-corrected chi connectivity index (χ1v) is 20.3. The number of aliphatic carboxylic acids is 1. The summed E-state index contributed by atoms with van der Waals surface area (Å²) in [6, 6.07) is 16.3. The molecule has 1 saturated carbocycles. The fraction of sp³-hybridized carbons (Fsp3) is 0.432. The molecule has 62 heavy (non-hydrogen) atoms. The van der Waals surface area contributed by atoms with Crippen molar-refractivity contribution < 1.29 is 46.6 Å². The number of hydrogen-bond acceptors (Lipinski definition) is 8. The molecule has 0 unspecified atom stereocenters. The van der Waals surface area contributed by atoms with Gasteiger partial charge in [0.2, 0.25) is 17.6 Å². The van der Waals surface area contributed by atoms with Crippen LogP contribution in [-0.2, 0) is 31.5 Å². The van der Waals surface area contributed by atoms with Crippen LogP contribution in [0, 0.1) is 18.8 Å². The molecule has 0 saturated heterocycles. The molecule has 5 aromatic rings. The lowest BCUT2D eigenvalue weighted by atomic mass is 9.81. The van der Waals surface area contributed by atoms with Gasteiger partial charge in [-0.2, -0.15) is 22.7 Å². The lowest BCUT2D eigenvalue weighted by Crippen LogP contribution is -2.48. The van der Waals surface area contributed by atoms with Crippen LogP contribution in [0.1, 0.15) is 89.0 Å². The number of carboxylic acids is 1. The first kappa shape index (κ1) is 45.2. The number of aromatic nitrogens is 5. The van der Waals surface area contributed by atoms with E-state index in [1.807, 2.05) is 37.3 Å². The average Bonchev–Trinajstić information content (AvgIpc) is 3.88. The van der Waals surface area contributed by atoms with Gasteiger partial charge in [0.05, 0.1) is 11.0 Å². The monoisotopic (exact) mass is 862 g/mol. The van der Waals surface area contributed by atoms with Gasteiger partial charge in [-0.15, -0.1) is 0 Å². The molecular formula is C44H50F4N8O6. The number of carbonyl (C=O) groups is 4. The van der Waals surface area contributed by atoms with Gasteiger partial charge in [-0.1, -0.05) is 38.1 Å². The van der Waals surface area contributed by atoms with Gasteiger partial charge in [-0.3, -0.25) is 14.7 Å². The summed E-state index contributed by atoms with van der Waals surface area (Å²) < 4.78 is 61.4. The molecule has 1 aliphatic carbocycles. The number of alkyl halides is 4. The van der Waals surface area contributed by atoms with Gasteiger partial charge in [0.15, 0.2) is 5.82 Å². The number of aryl methyl sites for hydroxylation is 1. The maximum Gasteiger partial charge on any atom is 0.411 e. The van der Waals surface area contributed by atoms with Crippen LogP contribution in [0.25, 0.3) is 33.5 Å². The van der Waals surface area contributed by atoms with Crippen LogP contribution in [0.3, 0.4) is 0 Å². The molecule has 0 spiro atoms. The number of amides is 3. The Morgan fingerprint density at radius 1 is 0.903 bits per heavy atom. The molecule has 2 aromatic heterocycles. The highest BCUT2D eigenvalue weighted by Gasteiger charge is 2.65. The van der Waals surface area contributed by atoms with Gasteiger partial charge in [-0.25, -0.2) is 19.6 Å². The Labute approximate surface area is 355 Å². The maximum atomic E-state index is 14.3. The fourth-order valence-electron chi connectivity index (χ4n) is 7.24. The van der Waals surface area contributed by atoms with Crippen molar-refractivity contribution in [1.82, 2.24) is 35.8 Å².